The fraction of sp³-hybridized carbons (Fsp3) is 0.333. The number of hydrogen-bond donors (Lipinski definition) is 1. The lowest BCUT2D eigenvalue weighted by Gasteiger charge is -2.00. The number of ether oxygens (including phenoxy) is 1. The van der Waals surface area contributed by atoms with Crippen LogP contribution in [0.1, 0.15) is 30.6 Å². The number of benzene rings is 1. The Balaban J connectivity index is 0.00000106. The highest BCUT2D eigenvalue weighted by atomic mass is 16.6. The van der Waals surface area contributed by atoms with Gasteiger partial charge in [0.05, 0.1) is 0 Å². The molecule has 0 spiro atoms. The zero-order valence-corrected chi connectivity index (χ0v) is 9.47. The lowest BCUT2D eigenvalue weighted by atomic mass is 10.1. The summed E-state index contributed by atoms with van der Waals surface area (Å²) in [6.45, 7) is 3.31. The van der Waals surface area contributed by atoms with Crippen LogP contribution >= 0.6 is 0 Å². The highest BCUT2D eigenvalue weighted by molar-refractivity contribution is 6.05. The highest BCUT2D eigenvalue weighted by Gasteiger charge is 2.11. The molecule has 4 heteroatoms. The molecule has 0 fully saturated rings. The van der Waals surface area contributed by atoms with E-state index in [9.17, 15) is 9.59 Å². The lowest BCUT2D eigenvalue weighted by Crippen LogP contribution is -2.11. The molecule has 0 atom stereocenters. The van der Waals surface area contributed by atoms with Gasteiger partial charge in [-0.25, -0.2) is 0 Å². The minimum Gasteiger partial charge on any atom is -0.438 e. The average Bonchev–Trinajstić information content (AvgIpc) is 2.33. The quantitative estimate of drug-likeness (QED) is 0.366. The Morgan fingerprint density at radius 2 is 1.75 bits per heavy atom. The number of carbonyl (C=O) groups is 2. The molecule has 0 bridgehead atoms. The first kappa shape index (κ1) is 14.3. The molecule has 0 saturated heterocycles. The molecule has 0 heterocycles. The number of carbonyl (C=O) groups excluding carboxylic acids is 2. The molecule has 0 saturated carbocycles. The summed E-state index contributed by atoms with van der Waals surface area (Å²) in [4.78, 5) is 22.2. The molecule has 1 aromatic carbocycles. The maximum atomic E-state index is 11.3. The van der Waals surface area contributed by atoms with Crippen LogP contribution in [0.25, 0.3) is 0 Å². The minimum absolute atomic E-state index is 0.316. The molecule has 1 aromatic rings. The standard InChI is InChI=1S/C10H10O4.C2H6/c11-7-14-10(13)6-9(12)8-4-2-1-3-5-8;1-2/h1-5,11H,6-7H2;1-2H3. The molecule has 0 radical (unpaired) electrons. The van der Waals surface area contributed by atoms with E-state index in [1.807, 2.05) is 13.8 Å². The summed E-state index contributed by atoms with van der Waals surface area (Å²) in [5.74, 6) is -1.04. The molecule has 0 unspecified atom stereocenters. The monoisotopic (exact) mass is 224 g/mol. The molecular formula is C12H16O4. The van der Waals surface area contributed by atoms with Crippen molar-refractivity contribution in [3.05, 3.63) is 35.9 Å². The molecule has 0 aliphatic rings. The van der Waals surface area contributed by atoms with E-state index in [0.717, 1.165) is 0 Å². The first-order chi connectivity index (χ1) is 7.74. The Morgan fingerprint density at radius 1 is 1.19 bits per heavy atom. The van der Waals surface area contributed by atoms with E-state index in [4.69, 9.17) is 5.11 Å². The molecular weight excluding hydrogens is 208 g/mol. The third kappa shape index (κ3) is 5.26. The fourth-order valence-electron chi connectivity index (χ4n) is 0.980. The van der Waals surface area contributed by atoms with E-state index in [0.29, 0.717) is 5.56 Å². The van der Waals surface area contributed by atoms with Gasteiger partial charge >= 0.3 is 5.97 Å². The van der Waals surface area contributed by atoms with Gasteiger partial charge in [0, 0.05) is 5.56 Å². The van der Waals surface area contributed by atoms with Gasteiger partial charge in [-0.15, -0.1) is 0 Å². The second-order valence-electron chi connectivity index (χ2n) is 2.61. The van der Waals surface area contributed by atoms with Crippen LogP contribution in [-0.2, 0) is 9.53 Å². The van der Waals surface area contributed by atoms with Gasteiger partial charge in [-0.2, -0.15) is 0 Å². The summed E-state index contributed by atoms with van der Waals surface area (Å²) in [5.41, 5.74) is 0.461. The van der Waals surface area contributed by atoms with Crippen LogP contribution < -0.4 is 0 Å². The average molecular weight is 224 g/mol. The van der Waals surface area contributed by atoms with Crippen LogP contribution in [0.5, 0.6) is 0 Å². The van der Waals surface area contributed by atoms with Crippen LogP contribution in [-0.4, -0.2) is 23.7 Å². The van der Waals surface area contributed by atoms with E-state index in [-0.39, 0.29) is 12.2 Å². The Bertz CT molecular complexity index is 319. The molecule has 88 valence electrons. The first-order valence-corrected chi connectivity index (χ1v) is 5.09. The largest absolute Gasteiger partial charge is 0.438 e. The van der Waals surface area contributed by atoms with Crippen molar-refractivity contribution < 1.29 is 19.4 Å². The van der Waals surface area contributed by atoms with Crippen molar-refractivity contribution in [1.29, 1.82) is 0 Å². The molecule has 0 aromatic heterocycles. The Morgan fingerprint density at radius 3 is 2.25 bits per heavy atom. The Labute approximate surface area is 94.9 Å². The molecule has 0 amide bonds. The predicted molar refractivity (Wildman–Crippen MR) is 59.9 cm³/mol. The maximum absolute atomic E-state index is 11.3. The van der Waals surface area contributed by atoms with Crippen molar-refractivity contribution >= 4 is 11.8 Å². The van der Waals surface area contributed by atoms with E-state index >= 15 is 0 Å². The minimum atomic E-state index is -0.721. The topological polar surface area (TPSA) is 63.6 Å². The van der Waals surface area contributed by atoms with Gasteiger partial charge in [0.25, 0.3) is 0 Å². The van der Waals surface area contributed by atoms with Crippen LogP contribution in [0.4, 0.5) is 0 Å². The van der Waals surface area contributed by atoms with Crippen molar-refractivity contribution in [3.63, 3.8) is 0 Å². The summed E-state index contributed by atoms with van der Waals surface area (Å²) in [5, 5.41) is 8.27. The normalized spacial score (nSPS) is 8.69. The molecule has 16 heavy (non-hydrogen) atoms. The van der Waals surface area contributed by atoms with Crippen LogP contribution in [0.2, 0.25) is 0 Å². The van der Waals surface area contributed by atoms with Crippen molar-refractivity contribution in [2.75, 3.05) is 6.79 Å². The van der Waals surface area contributed by atoms with E-state index in [1.54, 1.807) is 30.3 Å². The maximum Gasteiger partial charge on any atom is 0.315 e. The molecule has 0 aliphatic heterocycles. The molecule has 4 nitrogen and oxygen atoms in total. The van der Waals surface area contributed by atoms with Gasteiger partial charge in [-0.1, -0.05) is 44.2 Å². The van der Waals surface area contributed by atoms with Crippen molar-refractivity contribution in [3.8, 4) is 0 Å². The smallest absolute Gasteiger partial charge is 0.315 e. The zero-order valence-electron chi connectivity index (χ0n) is 9.47. The zero-order chi connectivity index (χ0) is 12.4. The third-order valence-corrected chi connectivity index (χ3v) is 1.63. The summed E-state index contributed by atoms with van der Waals surface area (Å²) >= 11 is 0. The van der Waals surface area contributed by atoms with E-state index in [2.05, 4.69) is 4.74 Å². The van der Waals surface area contributed by atoms with E-state index in [1.165, 1.54) is 0 Å². The van der Waals surface area contributed by atoms with Crippen LogP contribution in [0, 0.1) is 0 Å². The number of esters is 1. The van der Waals surface area contributed by atoms with E-state index < -0.39 is 12.8 Å². The Kier molecular flexibility index (Phi) is 7.71. The number of rotatable bonds is 4. The predicted octanol–water partition coefficient (Wildman–Crippen LogP) is 1.78. The van der Waals surface area contributed by atoms with Gasteiger partial charge in [0.15, 0.2) is 12.6 Å². The summed E-state index contributed by atoms with van der Waals surface area (Å²) < 4.78 is 4.23. The second kappa shape index (κ2) is 8.61. The van der Waals surface area contributed by atoms with Gasteiger partial charge < -0.3 is 9.84 Å². The molecule has 1 N–H and O–H groups in total. The van der Waals surface area contributed by atoms with Crippen molar-refractivity contribution in [2.24, 2.45) is 0 Å². The van der Waals surface area contributed by atoms with Crippen LogP contribution in [0.3, 0.4) is 0 Å². The fourth-order valence-corrected chi connectivity index (χ4v) is 0.980. The number of hydrogen-bond acceptors (Lipinski definition) is 4. The van der Waals surface area contributed by atoms with Crippen LogP contribution in [0.15, 0.2) is 30.3 Å². The summed E-state index contributed by atoms with van der Waals surface area (Å²) in [6, 6.07) is 8.45. The van der Waals surface area contributed by atoms with Gasteiger partial charge in [-0.05, 0) is 0 Å². The van der Waals surface area contributed by atoms with Crippen molar-refractivity contribution in [2.45, 2.75) is 20.3 Å². The van der Waals surface area contributed by atoms with Crippen molar-refractivity contribution in [1.82, 2.24) is 0 Å². The second-order valence-corrected chi connectivity index (χ2v) is 2.61. The van der Waals surface area contributed by atoms with Gasteiger partial charge in [0.2, 0.25) is 0 Å². The van der Waals surface area contributed by atoms with Gasteiger partial charge in [0.1, 0.15) is 6.42 Å². The number of aliphatic hydroxyl groups is 1. The summed E-state index contributed by atoms with van der Waals surface area (Å²) in [6.07, 6.45) is -0.343. The number of ketones is 1. The first-order valence-electron chi connectivity index (χ1n) is 5.09. The molecule has 1 rings (SSSR count). The third-order valence-electron chi connectivity index (χ3n) is 1.63. The molecule has 0 aliphatic carbocycles. The highest BCUT2D eigenvalue weighted by Crippen LogP contribution is 2.03. The Hall–Kier alpha value is -1.68. The number of aliphatic hydroxyl groups excluding tert-OH is 1. The lowest BCUT2D eigenvalue weighted by molar-refractivity contribution is -0.150. The van der Waals surface area contributed by atoms with Gasteiger partial charge in [-0.3, -0.25) is 9.59 Å². The SMILES string of the molecule is CC.O=C(CC(=O)c1ccccc1)OCO. The number of Topliss-reactive ketones (excluding diaryl/α,β-unsaturated/α-hetero) is 1. The summed E-state index contributed by atoms with van der Waals surface area (Å²) in [7, 11) is 0.